The average Bonchev–Trinajstić information content (AvgIpc) is 3.26. The van der Waals surface area contributed by atoms with Crippen LogP contribution in [0.15, 0.2) is 18.2 Å². The van der Waals surface area contributed by atoms with Crippen LogP contribution in [-0.4, -0.2) is 58.3 Å². The third-order valence-electron chi connectivity index (χ3n) is 5.86. The van der Waals surface area contributed by atoms with Gasteiger partial charge in [0.15, 0.2) is 0 Å². The summed E-state index contributed by atoms with van der Waals surface area (Å²) >= 11 is 0. The molecule has 4 amide bonds. The Kier molecular flexibility index (Phi) is 5.03. The van der Waals surface area contributed by atoms with Gasteiger partial charge in [-0.1, -0.05) is 12.1 Å². The first-order valence-corrected chi connectivity index (χ1v) is 10.4. The van der Waals surface area contributed by atoms with Gasteiger partial charge in [-0.05, 0) is 50.8 Å². The van der Waals surface area contributed by atoms with Crippen LogP contribution in [0.1, 0.15) is 67.4 Å². The molecule has 2 saturated heterocycles. The van der Waals surface area contributed by atoms with Crippen molar-refractivity contribution in [3.63, 3.8) is 0 Å². The van der Waals surface area contributed by atoms with Crippen LogP contribution in [0.4, 0.5) is 4.79 Å². The molecule has 0 radical (unpaired) electrons. The summed E-state index contributed by atoms with van der Waals surface area (Å²) in [6, 6.07) is 5.16. The van der Waals surface area contributed by atoms with Crippen molar-refractivity contribution in [3.05, 3.63) is 34.9 Å². The van der Waals surface area contributed by atoms with Gasteiger partial charge in [-0.2, -0.15) is 0 Å². The fourth-order valence-electron chi connectivity index (χ4n) is 4.37. The fourth-order valence-corrected chi connectivity index (χ4v) is 4.37. The normalized spacial score (nSPS) is 24.2. The van der Waals surface area contributed by atoms with Gasteiger partial charge in [-0.15, -0.1) is 0 Å². The molecule has 1 aromatic carbocycles. The van der Waals surface area contributed by atoms with Crippen LogP contribution in [-0.2, 0) is 20.9 Å². The fraction of sp³-hybridized carbons (Fsp3) is 0.545. The number of carbonyl (C=O) groups is 4. The summed E-state index contributed by atoms with van der Waals surface area (Å²) in [5, 5.41) is 2.32. The summed E-state index contributed by atoms with van der Waals surface area (Å²) < 4.78 is 5.47. The molecular formula is C22H27N3O5. The largest absolute Gasteiger partial charge is 0.444 e. The summed E-state index contributed by atoms with van der Waals surface area (Å²) in [6.45, 7) is 7.13. The zero-order valence-corrected chi connectivity index (χ0v) is 17.6. The third kappa shape index (κ3) is 3.91. The lowest BCUT2D eigenvalue weighted by Gasteiger charge is -2.29. The molecule has 2 fully saturated rings. The molecule has 2 atom stereocenters. The zero-order chi connectivity index (χ0) is 21.6. The summed E-state index contributed by atoms with van der Waals surface area (Å²) in [5.74, 6) is -0.690. The molecule has 1 aromatic rings. The molecule has 0 bridgehead atoms. The average molecular weight is 413 g/mol. The Morgan fingerprint density at radius 3 is 2.63 bits per heavy atom. The number of fused-ring (bicyclic) bond motifs is 1. The number of likely N-dealkylation sites (tertiary alicyclic amines) is 1. The third-order valence-corrected chi connectivity index (χ3v) is 5.86. The van der Waals surface area contributed by atoms with Crippen LogP contribution in [0.5, 0.6) is 0 Å². The van der Waals surface area contributed by atoms with E-state index < -0.39 is 17.6 Å². The van der Waals surface area contributed by atoms with E-state index in [1.807, 2.05) is 39.0 Å². The topological polar surface area (TPSA) is 96.0 Å². The highest BCUT2D eigenvalue weighted by Crippen LogP contribution is 2.33. The lowest BCUT2D eigenvalue weighted by Crippen LogP contribution is -2.52. The number of hydrogen-bond donors (Lipinski definition) is 1. The first-order valence-electron chi connectivity index (χ1n) is 10.4. The van der Waals surface area contributed by atoms with Crippen LogP contribution in [0.3, 0.4) is 0 Å². The van der Waals surface area contributed by atoms with Gasteiger partial charge in [0.25, 0.3) is 5.91 Å². The Morgan fingerprint density at radius 1 is 1.17 bits per heavy atom. The van der Waals surface area contributed by atoms with Gasteiger partial charge in [0.05, 0.1) is 0 Å². The van der Waals surface area contributed by atoms with E-state index in [0.717, 1.165) is 17.5 Å². The Hall–Kier alpha value is -2.90. The van der Waals surface area contributed by atoms with E-state index in [-0.39, 0.29) is 30.2 Å². The molecule has 3 heterocycles. The molecule has 8 nitrogen and oxygen atoms in total. The van der Waals surface area contributed by atoms with Gasteiger partial charge >= 0.3 is 6.09 Å². The van der Waals surface area contributed by atoms with E-state index in [4.69, 9.17) is 4.74 Å². The minimum atomic E-state index is -0.611. The number of rotatable bonds is 2. The van der Waals surface area contributed by atoms with Crippen LogP contribution < -0.4 is 5.32 Å². The Labute approximate surface area is 175 Å². The first kappa shape index (κ1) is 20.4. The van der Waals surface area contributed by atoms with Crippen molar-refractivity contribution in [2.45, 2.75) is 64.1 Å². The predicted octanol–water partition coefficient (Wildman–Crippen LogP) is 2.17. The number of piperidine rings is 1. The van der Waals surface area contributed by atoms with Crippen LogP contribution in [0.25, 0.3) is 0 Å². The second kappa shape index (κ2) is 7.41. The maximum Gasteiger partial charge on any atom is 0.410 e. The van der Waals surface area contributed by atoms with Gasteiger partial charge in [-0.3, -0.25) is 19.7 Å². The maximum atomic E-state index is 12.8. The van der Waals surface area contributed by atoms with Crippen molar-refractivity contribution in [2.75, 3.05) is 13.1 Å². The predicted molar refractivity (Wildman–Crippen MR) is 108 cm³/mol. The summed E-state index contributed by atoms with van der Waals surface area (Å²) in [4.78, 5) is 52.0. The van der Waals surface area contributed by atoms with Gasteiger partial charge in [-0.25, -0.2) is 4.79 Å². The van der Waals surface area contributed by atoms with Gasteiger partial charge in [0, 0.05) is 37.5 Å². The van der Waals surface area contributed by atoms with Crippen LogP contribution >= 0.6 is 0 Å². The molecule has 1 N–H and O–H groups in total. The number of imide groups is 1. The molecule has 0 aromatic heterocycles. The lowest BCUT2D eigenvalue weighted by atomic mass is 9.95. The van der Waals surface area contributed by atoms with Crippen molar-refractivity contribution < 1.29 is 23.9 Å². The van der Waals surface area contributed by atoms with Crippen molar-refractivity contribution in [3.8, 4) is 0 Å². The van der Waals surface area contributed by atoms with Crippen molar-refractivity contribution in [1.82, 2.24) is 15.1 Å². The van der Waals surface area contributed by atoms with E-state index in [0.29, 0.717) is 31.6 Å². The first-order chi connectivity index (χ1) is 14.1. The molecule has 3 aliphatic heterocycles. The highest BCUT2D eigenvalue weighted by Gasteiger charge is 2.39. The second-order valence-electron chi connectivity index (χ2n) is 9.23. The van der Waals surface area contributed by atoms with E-state index in [1.165, 1.54) is 0 Å². The molecule has 4 rings (SSSR count). The van der Waals surface area contributed by atoms with Gasteiger partial charge in [0.1, 0.15) is 11.6 Å². The SMILES string of the molecule is CC(C)(C)OC(=O)N1CC[C@@H](c2ccc3c(c2)CN([C@@H]2CCC(=O)NC2=O)C3=O)C1. The summed E-state index contributed by atoms with van der Waals surface area (Å²) in [6.07, 6.45) is 1.13. The van der Waals surface area contributed by atoms with Crippen molar-refractivity contribution in [1.29, 1.82) is 0 Å². The number of benzene rings is 1. The maximum absolute atomic E-state index is 12.8. The molecule has 160 valence electrons. The lowest BCUT2D eigenvalue weighted by molar-refractivity contribution is -0.136. The Bertz CT molecular complexity index is 920. The summed E-state index contributed by atoms with van der Waals surface area (Å²) in [7, 11) is 0. The molecule has 3 aliphatic rings. The van der Waals surface area contributed by atoms with Crippen LogP contribution in [0.2, 0.25) is 0 Å². The molecule has 0 unspecified atom stereocenters. The monoisotopic (exact) mass is 413 g/mol. The van der Waals surface area contributed by atoms with E-state index in [9.17, 15) is 19.2 Å². The van der Waals surface area contributed by atoms with Gasteiger partial charge < -0.3 is 14.5 Å². The summed E-state index contributed by atoms with van der Waals surface area (Å²) in [5.41, 5.74) is 2.05. The van der Waals surface area contributed by atoms with E-state index in [1.54, 1.807) is 9.80 Å². The Balaban J connectivity index is 1.45. The minimum absolute atomic E-state index is 0.173. The number of nitrogens with one attached hydrogen (secondary N) is 1. The van der Waals surface area contributed by atoms with Crippen LogP contribution in [0, 0.1) is 0 Å². The standard InChI is InChI=1S/C22H27N3O5/c1-22(2,3)30-21(29)24-9-8-14(11-24)13-4-5-16-15(10-13)12-25(20(16)28)17-6-7-18(26)23-19(17)27/h4-5,10,14,17H,6-9,11-12H2,1-3H3,(H,23,26,27)/t14-,17-/m1/s1. The number of carbonyl (C=O) groups excluding carboxylic acids is 4. The minimum Gasteiger partial charge on any atom is -0.444 e. The molecule has 30 heavy (non-hydrogen) atoms. The molecular weight excluding hydrogens is 386 g/mol. The zero-order valence-electron chi connectivity index (χ0n) is 17.6. The second-order valence-corrected chi connectivity index (χ2v) is 9.23. The Morgan fingerprint density at radius 2 is 1.93 bits per heavy atom. The molecule has 0 aliphatic carbocycles. The van der Waals surface area contributed by atoms with E-state index >= 15 is 0 Å². The van der Waals surface area contributed by atoms with Crippen molar-refractivity contribution in [2.24, 2.45) is 0 Å². The molecule has 0 spiro atoms. The molecule has 0 saturated carbocycles. The molecule has 8 heteroatoms. The highest BCUT2D eigenvalue weighted by atomic mass is 16.6. The van der Waals surface area contributed by atoms with Crippen molar-refractivity contribution >= 4 is 23.8 Å². The number of amides is 4. The highest BCUT2D eigenvalue weighted by molar-refractivity contribution is 6.05. The smallest absolute Gasteiger partial charge is 0.410 e. The number of hydrogen-bond acceptors (Lipinski definition) is 5. The number of ether oxygens (including phenoxy) is 1. The van der Waals surface area contributed by atoms with E-state index in [2.05, 4.69) is 5.32 Å². The quantitative estimate of drug-likeness (QED) is 0.750. The van der Waals surface area contributed by atoms with Gasteiger partial charge in [0.2, 0.25) is 11.8 Å². The number of nitrogens with zero attached hydrogens (tertiary/aromatic N) is 2.